The van der Waals surface area contributed by atoms with Crippen LogP contribution in [0.4, 0.5) is 0 Å². The predicted octanol–water partition coefficient (Wildman–Crippen LogP) is 2.60. The summed E-state index contributed by atoms with van der Waals surface area (Å²) in [5, 5.41) is 6.90. The first-order valence-electron chi connectivity index (χ1n) is 10.5. The molecule has 0 aliphatic carbocycles. The van der Waals surface area contributed by atoms with Crippen LogP contribution in [0.15, 0.2) is 29.3 Å². The number of nitrogens with one attached hydrogen (secondary N) is 2. The number of morpholine rings is 1. The summed E-state index contributed by atoms with van der Waals surface area (Å²) in [6.45, 7) is 13.3. The van der Waals surface area contributed by atoms with E-state index in [2.05, 4.69) is 65.6 Å². The van der Waals surface area contributed by atoms with Gasteiger partial charge in [-0.3, -0.25) is 9.89 Å². The number of nitrogens with zero attached hydrogens (tertiary/aromatic N) is 2. The van der Waals surface area contributed by atoms with Gasteiger partial charge in [0.1, 0.15) is 0 Å². The second-order valence-electron chi connectivity index (χ2n) is 7.78. The van der Waals surface area contributed by atoms with E-state index in [0.717, 1.165) is 65.0 Å². The number of guanidine groups is 1. The minimum Gasteiger partial charge on any atom is -0.381 e. The van der Waals surface area contributed by atoms with Gasteiger partial charge in [-0.15, -0.1) is 0 Å². The highest BCUT2D eigenvalue weighted by Crippen LogP contribution is 2.22. The Morgan fingerprint density at radius 3 is 2.71 bits per heavy atom. The fourth-order valence-corrected chi connectivity index (χ4v) is 3.34. The summed E-state index contributed by atoms with van der Waals surface area (Å²) < 4.78 is 11.2. The quantitative estimate of drug-likeness (QED) is 0.365. The number of aliphatic imine (C=N–C) groups is 1. The van der Waals surface area contributed by atoms with Crippen LogP contribution >= 0.6 is 0 Å². The van der Waals surface area contributed by atoms with E-state index >= 15 is 0 Å². The molecule has 158 valence electrons. The summed E-state index contributed by atoms with van der Waals surface area (Å²) in [6.07, 6.45) is 0.970. The molecule has 1 saturated heterocycles. The van der Waals surface area contributed by atoms with Crippen molar-refractivity contribution in [2.24, 2.45) is 10.9 Å². The highest BCUT2D eigenvalue weighted by atomic mass is 16.5. The molecule has 1 aromatic rings. The zero-order chi connectivity index (χ0) is 20.2. The Balaban J connectivity index is 1.85. The van der Waals surface area contributed by atoms with Crippen molar-refractivity contribution in [2.75, 3.05) is 59.7 Å². The van der Waals surface area contributed by atoms with E-state index in [0.29, 0.717) is 12.0 Å². The van der Waals surface area contributed by atoms with E-state index in [1.807, 2.05) is 7.05 Å². The van der Waals surface area contributed by atoms with Crippen molar-refractivity contribution in [2.45, 2.75) is 33.2 Å². The van der Waals surface area contributed by atoms with E-state index in [-0.39, 0.29) is 0 Å². The van der Waals surface area contributed by atoms with Gasteiger partial charge in [0.2, 0.25) is 0 Å². The van der Waals surface area contributed by atoms with Crippen LogP contribution in [0.5, 0.6) is 0 Å². The monoisotopic (exact) mass is 390 g/mol. The molecule has 2 N–H and O–H groups in total. The molecule has 0 aromatic heterocycles. The van der Waals surface area contributed by atoms with Gasteiger partial charge in [0.25, 0.3) is 0 Å². The van der Waals surface area contributed by atoms with Crippen LogP contribution in [0.25, 0.3) is 0 Å². The third-order valence-corrected chi connectivity index (χ3v) is 4.81. The smallest absolute Gasteiger partial charge is 0.191 e. The molecule has 1 unspecified atom stereocenters. The largest absolute Gasteiger partial charge is 0.381 e. The number of hydrogen-bond donors (Lipinski definition) is 2. The molecule has 0 saturated carbocycles. The molecule has 1 atom stereocenters. The molecule has 1 aliphatic rings. The van der Waals surface area contributed by atoms with Gasteiger partial charge >= 0.3 is 0 Å². The topological polar surface area (TPSA) is 58.1 Å². The minimum atomic E-state index is 0.303. The molecule has 0 radical (unpaired) electrons. The van der Waals surface area contributed by atoms with Crippen molar-refractivity contribution in [3.05, 3.63) is 35.4 Å². The van der Waals surface area contributed by atoms with Crippen molar-refractivity contribution < 1.29 is 9.47 Å². The first kappa shape index (κ1) is 22.7. The first-order chi connectivity index (χ1) is 13.6. The SMILES string of the molecule is CN=C(NCCCOCC(C)C)NCC(c1cccc(C)c1)N1CCOCC1. The summed E-state index contributed by atoms with van der Waals surface area (Å²) in [4.78, 5) is 6.87. The maximum Gasteiger partial charge on any atom is 0.191 e. The Kier molecular flexibility index (Phi) is 10.3. The van der Waals surface area contributed by atoms with Gasteiger partial charge in [0.15, 0.2) is 5.96 Å². The van der Waals surface area contributed by atoms with Crippen molar-refractivity contribution in [3.8, 4) is 0 Å². The summed E-state index contributed by atoms with van der Waals surface area (Å²) in [5.41, 5.74) is 2.63. The molecular weight excluding hydrogens is 352 g/mol. The fourth-order valence-electron chi connectivity index (χ4n) is 3.34. The van der Waals surface area contributed by atoms with Crippen LogP contribution in [0.3, 0.4) is 0 Å². The normalized spacial score (nSPS) is 17.0. The first-order valence-corrected chi connectivity index (χ1v) is 10.5. The number of aryl methyl sites for hydroxylation is 1. The maximum absolute atomic E-state index is 5.64. The molecule has 2 rings (SSSR count). The zero-order valence-electron chi connectivity index (χ0n) is 18.0. The Morgan fingerprint density at radius 1 is 1.25 bits per heavy atom. The van der Waals surface area contributed by atoms with Crippen LogP contribution in [0.1, 0.15) is 37.4 Å². The highest BCUT2D eigenvalue weighted by molar-refractivity contribution is 5.79. The zero-order valence-corrected chi connectivity index (χ0v) is 18.0. The average molecular weight is 391 g/mol. The van der Waals surface area contributed by atoms with E-state index < -0.39 is 0 Å². The van der Waals surface area contributed by atoms with E-state index in [4.69, 9.17) is 9.47 Å². The second-order valence-corrected chi connectivity index (χ2v) is 7.78. The lowest BCUT2D eigenvalue weighted by Gasteiger charge is -2.35. The number of hydrogen-bond acceptors (Lipinski definition) is 4. The molecule has 1 fully saturated rings. The van der Waals surface area contributed by atoms with Crippen LogP contribution < -0.4 is 10.6 Å². The van der Waals surface area contributed by atoms with Crippen LogP contribution in [0.2, 0.25) is 0 Å². The molecule has 1 heterocycles. The number of benzene rings is 1. The van der Waals surface area contributed by atoms with Crippen LogP contribution in [-0.2, 0) is 9.47 Å². The van der Waals surface area contributed by atoms with E-state index in [1.165, 1.54) is 11.1 Å². The van der Waals surface area contributed by atoms with Gasteiger partial charge in [-0.2, -0.15) is 0 Å². The summed E-state index contributed by atoms with van der Waals surface area (Å²) in [7, 11) is 1.82. The molecule has 1 aliphatic heterocycles. The van der Waals surface area contributed by atoms with Crippen molar-refractivity contribution in [1.29, 1.82) is 0 Å². The third kappa shape index (κ3) is 8.17. The Morgan fingerprint density at radius 2 is 2.04 bits per heavy atom. The van der Waals surface area contributed by atoms with Gasteiger partial charge in [-0.25, -0.2) is 0 Å². The summed E-state index contributed by atoms with van der Waals surface area (Å²) in [6, 6.07) is 9.09. The van der Waals surface area contributed by atoms with Gasteiger partial charge in [-0.1, -0.05) is 43.7 Å². The van der Waals surface area contributed by atoms with Crippen LogP contribution in [0, 0.1) is 12.8 Å². The molecule has 0 amide bonds. The molecule has 0 bridgehead atoms. The van der Waals surface area contributed by atoms with Gasteiger partial charge < -0.3 is 20.1 Å². The molecule has 6 heteroatoms. The number of ether oxygens (including phenoxy) is 2. The standard InChI is InChI=1S/C22H38N4O2/c1-18(2)17-28-12-6-9-24-22(23-4)25-16-21(26-10-13-27-14-11-26)20-8-5-7-19(3)15-20/h5,7-8,15,18,21H,6,9-14,16-17H2,1-4H3,(H2,23,24,25). The number of rotatable bonds is 10. The van der Waals surface area contributed by atoms with Crippen LogP contribution in [-0.4, -0.2) is 70.5 Å². The third-order valence-electron chi connectivity index (χ3n) is 4.81. The lowest BCUT2D eigenvalue weighted by atomic mass is 10.0. The molecule has 28 heavy (non-hydrogen) atoms. The molecule has 6 nitrogen and oxygen atoms in total. The lowest BCUT2D eigenvalue weighted by Crippen LogP contribution is -2.46. The van der Waals surface area contributed by atoms with Crippen molar-refractivity contribution in [3.63, 3.8) is 0 Å². The van der Waals surface area contributed by atoms with Crippen molar-refractivity contribution in [1.82, 2.24) is 15.5 Å². The fraction of sp³-hybridized carbons (Fsp3) is 0.682. The Hall–Kier alpha value is -1.63. The second kappa shape index (κ2) is 12.8. The minimum absolute atomic E-state index is 0.303. The highest BCUT2D eigenvalue weighted by Gasteiger charge is 2.23. The maximum atomic E-state index is 5.64. The summed E-state index contributed by atoms with van der Waals surface area (Å²) >= 11 is 0. The molecular formula is C22H38N4O2. The predicted molar refractivity (Wildman–Crippen MR) is 116 cm³/mol. The van der Waals surface area contributed by atoms with Gasteiger partial charge in [-0.05, 0) is 24.8 Å². The van der Waals surface area contributed by atoms with E-state index in [1.54, 1.807) is 0 Å². The van der Waals surface area contributed by atoms with E-state index in [9.17, 15) is 0 Å². The van der Waals surface area contributed by atoms with Crippen molar-refractivity contribution >= 4 is 5.96 Å². The summed E-state index contributed by atoms with van der Waals surface area (Å²) in [5.74, 6) is 1.43. The molecule has 0 spiro atoms. The molecule has 1 aromatic carbocycles. The average Bonchev–Trinajstić information content (AvgIpc) is 2.69. The van der Waals surface area contributed by atoms with Gasteiger partial charge in [0, 0.05) is 46.4 Å². The Bertz CT molecular complexity index is 586. The lowest BCUT2D eigenvalue weighted by molar-refractivity contribution is 0.0170. The van der Waals surface area contributed by atoms with Gasteiger partial charge in [0.05, 0.1) is 19.3 Å². The Labute approximate surface area is 170 Å².